The number of rotatable bonds is 3. The second-order valence-corrected chi connectivity index (χ2v) is 5.79. The van der Waals surface area contributed by atoms with Crippen LogP contribution >= 0.6 is 0 Å². The Bertz CT molecular complexity index is 845. The summed E-state index contributed by atoms with van der Waals surface area (Å²) < 4.78 is 39.9. The summed E-state index contributed by atoms with van der Waals surface area (Å²) in [4.78, 5) is 3.44. The van der Waals surface area contributed by atoms with E-state index in [0.29, 0.717) is 11.4 Å². The van der Waals surface area contributed by atoms with Crippen molar-refractivity contribution in [2.45, 2.75) is 18.7 Å². The molecule has 1 aromatic heterocycles. The summed E-state index contributed by atoms with van der Waals surface area (Å²) in [5.41, 5.74) is 0.491. The van der Waals surface area contributed by atoms with E-state index in [1.54, 1.807) is 13.8 Å². The fraction of sp³-hybridized carbons (Fsp3) is 0.167. The van der Waals surface area contributed by atoms with Gasteiger partial charge in [-0.3, -0.25) is 0 Å². The van der Waals surface area contributed by atoms with Crippen molar-refractivity contribution < 1.29 is 12.8 Å². The standard InChI is InChI=1S/C12H10FN5O2S/c1-7-8(2)16-17-12(15-7)18-21(19,20)11-5-3-4-10(13)9(11)6-14/h3-5H,1-2H3,(H,15,17,18). The van der Waals surface area contributed by atoms with Crippen molar-refractivity contribution in [2.75, 3.05) is 4.72 Å². The Hall–Kier alpha value is -2.60. The van der Waals surface area contributed by atoms with Gasteiger partial charge in [0.1, 0.15) is 22.3 Å². The van der Waals surface area contributed by atoms with Gasteiger partial charge in [0.05, 0.1) is 11.4 Å². The van der Waals surface area contributed by atoms with E-state index in [4.69, 9.17) is 5.26 Å². The lowest BCUT2D eigenvalue weighted by Gasteiger charge is -2.08. The molecule has 0 atom stereocenters. The van der Waals surface area contributed by atoms with Crippen LogP contribution in [0.15, 0.2) is 23.1 Å². The van der Waals surface area contributed by atoms with Gasteiger partial charge in [-0.25, -0.2) is 22.5 Å². The third-order valence-electron chi connectivity index (χ3n) is 2.69. The van der Waals surface area contributed by atoms with Crippen LogP contribution in [0.1, 0.15) is 17.0 Å². The molecule has 0 bridgehead atoms. The molecule has 7 nitrogen and oxygen atoms in total. The first-order chi connectivity index (χ1) is 9.85. The quantitative estimate of drug-likeness (QED) is 0.915. The molecule has 108 valence electrons. The lowest BCUT2D eigenvalue weighted by molar-refractivity contribution is 0.593. The Morgan fingerprint density at radius 1 is 1.24 bits per heavy atom. The van der Waals surface area contributed by atoms with Crippen molar-refractivity contribution in [3.8, 4) is 6.07 Å². The van der Waals surface area contributed by atoms with Crippen molar-refractivity contribution in [2.24, 2.45) is 0 Å². The van der Waals surface area contributed by atoms with Crippen LogP contribution in [0.3, 0.4) is 0 Å². The number of nitrogens with one attached hydrogen (secondary N) is 1. The van der Waals surface area contributed by atoms with Crippen LogP contribution in [0.5, 0.6) is 0 Å². The number of aryl methyl sites for hydroxylation is 2. The van der Waals surface area contributed by atoms with Gasteiger partial charge in [0.2, 0.25) is 0 Å². The van der Waals surface area contributed by atoms with Gasteiger partial charge in [-0.1, -0.05) is 6.07 Å². The molecule has 2 rings (SSSR count). The van der Waals surface area contributed by atoms with Crippen molar-refractivity contribution in [3.63, 3.8) is 0 Å². The fourth-order valence-electron chi connectivity index (χ4n) is 1.51. The third-order valence-corrected chi connectivity index (χ3v) is 4.06. The normalized spacial score (nSPS) is 11.0. The van der Waals surface area contributed by atoms with Crippen LogP contribution in [0.25, 0.3) is 0 Å². The number of hydrogen-bond acceptors (Lipinski definition) is 6. The summed E-state index contributed by atoms with van der Waals surface area (Å²) in [6, 6.07) is 4.85. The summed E-state index contributed by atoms with van der Waals surface area (Å²) in [6.07, 6.45) is 0. The number of nitriles is 1. The smallest absolute Gasteiger partial charge is 0.246 e. The molecule has 9 heteroatoms. The first-order valence-electron chi connectivity index (χ1n) is 5.74. The zero-order chi connectivity index (χ0) is 15.6. The second kappa shape index (κ2) is 5.41. The minimum absolute atomic E-state index is 0.244. The largest absolute Gasteiger partial charge is 0.265 e. The van der Waals surface area contributed by atoms with Gasteiger partial charge in [0, 0.05) is 0 Å². The number of sulfonamides is 1. The monoisotopic (exact) mass is 307 g/mol. The highest BCUT2D eigenvalue weighted by Crippen LogP contribution is 2.20. The van der Waals surface area contributed by atoms with E-state index in [1.807, 2.05) is 0 Å². The minimum Gasteiger partial charge on any atom is -0.246 e. The lowest BCUT2D eigenvalue weighted by atomic mass is 10.2. The maximum atomic E-state index is 13.5. The minimum atomic E-state index is -4.19. The molecule has 0 aliphatic rings. The molecule has 0 saturated carbocycles. The maximum Gasteiger partial charge on any atom is 0.265 e. The van der Waals surface area contributed by atoms with Crippen LogP contribution < -0.4 is 4.72 Å². The highest BCUT2D eigenvalue weighted by atomic mass is 32.2. The van der Waals surface area contributed by atoms with Gasteiger partial charge in [-0.2, -0.15) is 10.4 Å². The van der Waals surface area contributed by atoms with E-state index >= 15 is 0 Å². The molecule has 0 spiro atoms. The average Bonchev–Trinajstić information content (AvgIpc) is 2.42. The zero-order valence-corrected chi connectivity index (χ0v) is 11.9. The number of halogens is 1. The first kappa shape index (κ1) is 14.8. The van der Waals surface area contributed by atoms with Gasteiger partial charge in [-0.05, 0) is 26.0 Å². The number of anilines is 1. The van der Waals surface area contributed by atoms with Crippen LogP contribution in [0.2, 0.25) is 0 Å². The highest BCUT2D eigenvalue weighted by Gasteiger charge is 2.22. The van der Waals surface area contributed by atoms with Gasteiger partial charge < -0.3 is 0 Å². The van der Waals surface area contributed by atoms with Crippen LogP contribution in [-0.4, -0.2) is 23.6 Å². The molecule has 1 aromatic carbocycles. The highest BCUT2D eigenvalue weighted by molar-refractivity contribution is 7.92. The van der Waals surface area contributed by atoms with Crippen molar-refractivity contribution in [3.05, 3.63) is 41.0 Å². The summed E-state index contributed by atoms with van der Waals surface area (Å²) in [5, 5.41) is 16.2. The second-order valence-electron chi connectivity index (χ2n) is 4.14. The van der Waals surface area contributed by atoms with Crippen molar-refractivity contribution in [1.29, 1.82) is 5.26 Å². The molecular formula is C12H10FN5O2S. The predicted octanol–water partition coefficient (Wildman–Crippen LogP) is 1.30. The van der Waals surface area contributed by atoms with Gasteiger partial charge in [-0.15, -0.1) is 5.10 Å². The SMILES string of the molecule is Cc1nnc(NS(=O)(=O)c2cccc(F)c2C#N)nc1C. The van der Waals surface area contributed by atoms with E-state index in [2.05, 4.69) is 19.9 Å². The summed E-state index contributed by atoms with van der Waals surface area (Å²) in [6.45, 7) is 3.32. The van der Waals surface area contributed by atoms with E-state index in [9.17, 15) is 12.8 Å². The van der Waals surface area contributed by atoms with Crippen LogP contribution in [0, 0.1) is 31.0 Å². The lowest BCUT2D eigenvalue weighted by Crippen LogP contribution is -2.18. The third kappa shape index (κ3) is 2.95. The zero-order valence-electron chi connectivity index (χ0n) is 11.1. The molecule has 0 aliphatic heterocycles. The van der Waals surface area contributed by atoms with Crippen molar-refractivity contribution >= 4 is 16.0 Å². The Morgan fingerprint density at radius 3 is 2.57 bits per heavy atom. The molecule has 21 heavy (non-hydrogen) atoms. The van der Waals surface area contributed by atoms with Crippen LogP contribution in [0.4, 0.5) is 10.3 Å². The number of nitrogens with zero attached hydrogens (tertiary/aromatic N) is 4. The van der Waals surface area contributed by atoms with E-state index in [1.165, 1.54) is 12.1 Å². The van der Waals surface area contributed by atoms with Gasteiger partial charge in [0.25, 0.3) is 16.0 Å². The fourth-order valence-corrected chi connectivity index (χ4v) is 2.62. The van der Waals surface area contributed by atoms with Gasteiger partial charge >= 0.3 is 0 Å². The van der Waals surface area contributed by atoms with Crippen LogP contribution in [-0.2, 0) is 10.0 Å². The Kier molecular flexibility index (Phi) is 3.82. The molecule has 1 N–H and O–H groups in total. The van der Waals surface area contributed by atoms with E-state index in [0.717, 1.165) is 12.1 Å². The molecule has 0 amide bonds. The molecule has 1 heterocycles. The Labute approximate surface area is 120 Å². The maximum absolute atomic E-state index is 13.5. The van der Waals surface area contributed by atoms with Crippen molar-refractivity contribution in [1.82, 2.24) is 15.2 Å². The topological polar surface area (TPSA) is 109 Å². The number of aromatic nitrogens is 3. The van der Waals surface area contributed by atoms with Gasteiger partial charge in [0.15, 0.2) is 0 Å². The molecular weight excluding hydrogens is 297 g/mol. The molecule has 0 unspecified atom stereocenters. The predicted molar refractivity (Wildman–Crippen MR) is 71.2 cm³/mol. The number of benzene rings is 1. The molecule has 0 aliphatic carbocycles. The summed E-state index contributed by atoms with van der Waals surface area (Å²) >= 11 is 0. The molecule has 0 radical (unpaired) electrons. The van der Waals surface area contributed by atoms with E-state index in [-0.39, 0.29) is 5.95 Å². The summed E-state index contributed by atoms with van der Waals surface area (Å²) in [7, 11) is -4.19. The Morgan fingerprint density at radius 2 is 1.95 bits per heavy atom. The molecule has 2 aromatic rings. The molecule has 0 fully saturated rings. The average molecular weight is 307 g/mol. The first-order valence-corrected chi connectivity index (χ1v) is 7.23. The Balaban J connectivity index is 2.46. The van der Waals surface area contributed by atoms with E-state index < -0.39 is 26.3 Å². The number of hydrogen-bond donors (Lipinski definition) is 1. The molecule has 0 saturated heterocycles. The summed E-state index contributed by atoms with van der Waals surface area (Å²) in [5.74, 6) is -1.16.